The summed E-state index contributed by atoms with van der Waals surface area (Å²) in [6, 6.07) is -1.43. The number of hydrogen-bond donors (Lipinski definition) is 2. The molecule has 1 fully saturated rings. The van der Waals surface area contributed by atoms with Crippen molar-refractivity contribution in [2.75, 3.05) is 27.7 Å². The van der Waals surface area contributed by atoms with Crippen LogP contribution >= 0.6 is 0 Å². The lowest BCUT2D eigenvalue weighted by molar-refractivity contribution is -0.145. The van der Waals surface area contributed by atoms with Gasteiger partial charge in [-0.15, -0.1) is 0 Å². The molecule has 3 atom stereocenters. The third kappa shape index (κ3) is 6.54. The third-order valence-corrected chi connectivity index (χ3v) is 5.89. The maximum Gasteiger partial charge on any atom is 0.331 e. The minimum absolute atomic E-state index is 0.0164. The van der Waals surface area contributed by atoms with Crippen molar-refractivity contribution >= 4 is 17.8 Å². The maximum atomic E-state index is 13.5. The Labute approximate surface area is 181 Å². The Morgan fingerprint density at radius 2 is 1.77 bits per heavy atom. The number of carbonyl (C=O) groups excluding carboxylic acids is 2. The molecule has 1 heterocycles. The molecule has 1 aliphatic rings. The molecule has 8 nitrogen and oxygen atoms in total. The number of rotatable bonds is 7. The van der Waals surface area contributed by atoms with Crippen molar-refractivity contribution in [2.45, 2.75) is 72.5 Å². The van der Waals surface area contributed by atoms with Crippen molar-refractivity contribution in [3.8, 4) is 0 Å². The van der Waals surface area contributed by atoms with Gasteiger partial charge in [0.1, 0.15) is 12.1 Å². The molecule has 2 unspecified atom stereocenters. The fourth-order valence-corrected chi connectivity index (χ4v) is 3.71. The number of amides is 2. The zero-order valence-electron chi connectivity index (χ0n) is 20.0. The zero-order valence-corrected chi connectivity index (χ0v) is 20.0. The SMILES string of the molecule is C/C(=C\[C@H](C(C)C)N(C)C(=O)C(NC(=O)C1CCCN(C)N1C)C(C)(C)C)C(=O)O. The number of nitrogens with one attached hydrogen (secondary N) is 1. The van der Waals surface area contributed by atoms with Gasteiger partial charge in [-0.25, -0.2) is 14.8 Å². The molecular weight excluding hydrogens is 384 g/mol. The van der Waals surface area contributed by atoms with E-state index < -0.39 is 17.4 Å². The Morgan fingerprint density at radius 3 is 2.23 bits per heavy atom. The molecule has 2 N–H and O–H groups in total. The molecule has 0 saturated carbocycles. The van der Waals surface area contributed by atoms with E-state index in [9.17, 15) is 19.5 Å². The molecule has 0 bridgehead atoms. The number of likely N-dealkylation sites (N-methyl/N-ethyl adjacent to an activating group) is 2. The van der Waals surface area contributed by atoms with Gasteiger partial charge in [0.15, 0.2) is 0 Å². The molecule has 1 saturated heterocycles. The van der Waals surface area contributed by atoms with E-state index >= 15 is 0 Å². The normalized spacial score (nSPS) is 21.3. The summed E-state index contributed by atoms with van der Waals surface area (Å²) < 4.78 is 0. The molecule has 0 aliphatic carbocycles. The van der Waals surface area contributed by atoms with Crippen molar-refractivity contribution in [1.29, 1.82) is 0 Å². The summed E-state index contributed by atoms with van der Waals surface area (Å²) in [5.41, 5.74) is -0.315. The highest BCUT2D eigenvalue weighted by Gasteiger charge is 2.39. The summed E-state index contributed by atoms with van der Waals surface area (Å²) in [7, 11) is 5.51. The lowest BCUT2D eigenvalue weighted by atomic mass is 9.84. The second-order valence-electron chi connectivity index (χ2n) is 9.76. The molecule has 8 heteroatoms. The van der Waals surface area contributed by atoms with Gasteiger partial charge in [-0.1, -0.05) is 40.7 Å². The number of carbonyl (C=O) groups is 3. The van der Waals surface area contributed by atoms with E-state index in [4.69, 9.17) is 0 Å². The number of carboxylic acids is 1. The van der Waals surface area contributed by atoms with Crippen molar-refractivity contribution in [3.05, 3.63) is 11.6 Å². The van der Waals surface area contributed by atoms with E-state index in [0.29, 0.717) is 0 Å². The molecular formula is C22H40N4O4. The summed E-state index contributed by atoms with van der Waals surface area (Å²) in [5.74, 6) is -1.38. The number of nitrogens with zero attached hydrogens (tertiary/aromatic N) is 3. The van der Waals surface area contributed by atoms with Crippen LogP contribution in [-0.4, -0.2) is 83.6 Å². The predicted molar refractivity (Wildman–Crippen MR) is 118 cm³/mol. The van der Waals surface area contributed by atoms with Crippen molar-refractivity contribution in [2.24, 2.45) is 11.3 Å². The second kappa shape index (κ2) is 10.4. The first-order valence-electron chi connectivity index (χ1n) is 10.6. The Kier molecular flexibility index (Phi) is 9.05. The van der Waals surface area contributed by atoms with Crippen LogP contribution < -0.4 is 5.32 Å². The lowest BCUT2D eigenvalue weighted by Crippen LogP contribution is -2.61. The van der Waals surface area contributed by atoms with Crippen LogP contribution in [0.4, 0.5) is 0 Å². The summed E-state index contributed by atoms with van der Waals surface area (Å²) in [4.78, 5) is 39.4. The summed E-state index contributed by atoms with van der Waals surface area (Å²) in [6.45, 7) is 12.1. The molecule has 2 amide bonds. The predicted octanol–water partition coefficient (Wildman–Crippen LogP) is 1.97. The smallest absolute Gasteiger partial charge is 0.331 e. The van der Waals surface area contributed by atoms with E-state index in [1.807, 2.05) is 58.7 Å². The minimum atomic E-state index is -1.01. The summed E-state index contributed by atoms with van der Waals surface area (Å²) in [6.07, 6.45) is 3.26. The number of carboxylic acid groups (broad SMARTS) is 1. The van der Waals surface area contributed by atoms with Crippen LogP contribution in [0.5, 0.6) is 0 Å². The zero-order chi connectivity index (χ0) is 23.4. The average Bonchev–Trinajstić information content (AvgIpc) is 2.63. The quantitative estimate of drug-likeness (QED) is 0.607. The highest BCUT2D eigenvalue weighted by Crippen LogP contribution is 2.25. The highest BCUT2D eigenvalue weighted by atomic mass is 16.4. The average molecular weight is 425 g/mol. The molecule has 30 heavy (non-hydrogen) atoms. The van der Waals surface area contributed by atoms with Crippen molar-refractivity contribution < 1.29 is 19.5 Å². The highest BCUT2D eigenvalue weighted by molar-refractivity contribution is 5.91. The molecule has 0 aromatic rings. The van der Waals surface area contributed by atoms with Gasteiger partial charge in [0.2, 0.25) is 11.8 Å². The standard InChI is InChI=1S/C22H40N4O4/c1-14(2)17(13-15(3)21(29)30)25(8)20(28)18(22(4,5)6)23-19(27)16-11-10-12-24(7)26(16)9/h13-14,16-18H,10-12H2,1-9H3,(H,23,27)(H,29,30)/b15-13+/t16?,17-,18?/m1/s1. The minimum Gasteiger partial charge on any atom is -0.478 e. The van der Waals surface area contributed by atoms with Crippen LogP contribution in [-0.2, 0) is 14.4 Å². The lowest BCUT2D eigenvalue weighted by Gasteiger charge is -2.41. The maximum absolute atomic E-state index is 13.5. The van der Waals surface area contributed by atoms with E-state index in [1.165, 1.54) is 6.92 Å². The summed E-state index contributed by atoms with van der Waals surface area (Å²) in [5, 5.41) is 16.2. The van der Waals surface area contributed by atoms with Gasteiger partial charge >= 0.3 is 5.97 Å². The fraction of sp³-hybridized carbons (Fsp3) is 0.773. The Balaban J connectivity index is 3.12. The number of hydrogen-bond acceptors (Lipinski definition) is 5. The summed E-state index contributed by atoms with van der Waals surface area (Å²) >= 11 is 0. The van der Waals surface area contributed by atoms with Crippen LogP contribution in [0.25, 0.3) is 0 Å². The van der Waals surface area contributed by atoms with Crippen LogP contribution in [0.1, 0.15) is 54.4 Å². The van der Waals surface area contributed by atoms with Crippen LogP contribution in [0.3, 0.4) is 0 Å². The van der Waals surface area contributed by atoms with Crippen LogP contribution in [0.2, 0.25) is 0 Å². The van der Waals surface area contributed by atoms with E-state index in [2.05, 4.69) is 5.32 Å². The van der Waals surface area contributed by atoms with E-state index in [1.54, 1.807) is 18.0 Å². The second-order valence-corrected chi connectivity index (χ2v) is 9.76. The molecule has 0 spiro atoms. The Hall–Kier alpha value is -1.93. The topological polar surface area (TPSA) is 93.2 Å². The third-order valence-electron chi connectivity index (χ3n) is 5.89. The Bertz CT molecular complexity index is 669. The molecule has 172 valence electrons. The van der Waals surface area contributed by atoms with Crippen molar-refractivity contribution in [1.82, 2.24) is 20.2 Å². The first kappa shape index (κ1) is 26.1. The van der Waals surface area contributed by atoms with Crippen molar-refractivity contribution in [3.63, 3.8) is 0 Å². The van der Waals surface area contributed by atoms with Gasteiger partial charge in [0.05, 0.1) is 6.04 Å². The number of hydrazine groups is 1. The van der Waals surface area contributed by atoms with Gasteiger partial charge in [-0.3, -0.25) is 9.59 Å². The van der Waals surface area contributed by atoms with Gasteiger partial charge in [0, 0.05) is 33.3 Å². The van der Waals surface area contributed by atoms with Crippen LogP contribution in [0, 0.1) is 11.3 Å². The fourth-order valence-electron chi connectivity index (χ4n) is 3.71. The molecule has 0 aromatic heterocycles. The van der Waals surface area contributed by atoms with Gasteiger partial charge < -0.3 is 15.3 Å². The molecule has 1 aliphatic heterocycles. The molecule has 1 rings (SSSR count). The Morgan fingerprint density at radius 1 is 1.20 bits per heavy atom. The van der Waals surface area contributed by atoms with Gasteiger partial charge in [0.25, 0.3) is 0 Å². The van der Waals surface area contributed by atoms with Crippen LogP contribution in [0.15, 0.2) is 11.6 Å². The van der Waals surface area contributed by atoms with E-state index in [-0.39, 0.29) is 35.4 Å². The molecule has 0 radical (unpaired) electrons. The molecule has 0 aromatic carbocycles. The number of aliphatic carboxylic acids is 1. The monoisotopic (exact) mass is 424 g/mol. The van der Waals surface area contributed by atoms with Gasteiger partial charge in [-0.05, 0) is 31.1 Å². The van der Waals surface area contributed by atoms with Gasteiger partial charge in [-0.2, -0.15) is 0 Å². The largest absolute Gasteiger partial charge is 0.478 e. The van der Waals surface area contributed by atoms with E-state index in [0.717, 1.165) is 19.4 Å². The first-order chi connectivity index (χ1) is 13.7. The first-order valence-corrected chi connectivity index (χ1v) is 10.6.